The van der Waals surface area contributed by atoms with Gasteiger partial charge in [0.05, 0.1) is 23.9 Å². The fraction of sp³-hybridized carbons (Fsp3) is 0.308. The maximum atomic E-state index is 4.72. The van der Waals surface area contributed by atoms with E-state index in [4.69, 9.17) is 4.42 Å². The van der Waals surface area contributed by atoms with Gasteiger partial charge in [0, 0.05) is 52.9 Å². The first-order valence-electron chi connectivity index (χ1n) is 10.9. The van der Waals surface area contributed by atoms with E-state index in [-0.39, 0.29) is 0 Å². The largest absolute Gasteiger partial charge is 0.449 e. The summed E-state index contributed by atoms with van der Waals surface area (Å²) in [7, 11) is 5.84. The minimum absolute atomic E-state index is 0.718. The number of hydrogen-bond acceptors (Lipinski definition) is 5. The maximum Gasteiger partial charge on any atom is 0.190 e. The minimum Gasteiger partial charge on any atom is -0.449 e. The van der Waals surface area contributed by atoms with E-state index in [0.29, 0.717) is 0 Å². The number of nitrogens with zero attached hydrogens (tertiary/aromatic N) is 7. The summed E-state index contributed by atoms with van der Waals surface area (Å²) in [5.74, 6) is 1.77. The minimum atomic E-state index is 0.718. The zero-order chi connectivity index (χ0) is 25.3. The quantitative estimate of drug-likeness (QED) is 0.317. The lowest BCUT2D eigenvalue weighted by atomic mass is 10.2. The highest BCUT2D eigenvalue weighted by atomic mass is 16.3. The fourth-order valence-electron chi connectivity index (χ4n) is 2.34. The van der Waals surface area contributed by atoms with Crippen LogP contribution in [0, 0.1) is 34.6 Å². The van der Waals surface area contributed by atoms with Gasteiger partial charge in [-0.05, 0) is 33.8 Å². The maximum absolute atomic E-state index is 4.72. The Balaban J connectivity index is 0.000000213. The highest BCUT2D eigenvalue weighted by Crippen LogP contribution is 1.92. The number of oxazole rings is 1. The van der Waals surface area contributed by atoms with Gasteiger partial charge in [0.2, 0.25) is 0 Å². The van der Waals surface area contributed by atoms with Crippen molar-refractivity contribution in [3.05, 3.63) is 109 Å². The normalized spacial score (nSPS) is 9.18. The molecule has 4 aromatic heterocycles. The predicted octanol–water partition coefficient (Wildman–Crippen LogP) is 5.16. The van der Waals surface area contributed by atoms with Crippen LogP contribution < -0.4 is 0 Å². The van der Waals surface area contributed by atoms with Crippen LogP contribution in [0.2, 0.25) is 0 Å². The predicted molar refractivity (Wildman–Crippen MR) is 136 cm³/mol. The standard InChI is InChI=1S/C7H8.3C5H8N2.C4H5NO/c1-7-5-3-2-4-6-7;1-5-3-7(2)4-6-5;1-5-6-3-4-7(5)2;1-5-3-4-7(2)6-5;1-4-5-2-3-6-4/h2-6H,1H3;3*3-4H,1-2H3;2-3H,1H3. The molecule has 0 radical (unpaired) electrons. The number of benzene rings is 1. The van der Waals surface area contributed by atoms with Crippen LogP contribution in [0.1, 0.15) is 28.7 Å². The van der Waals surface area contributed by atoms with Crippen molar-refractivity contribution in [3.8, 4) is 0 Å². The Labute approximate surface area is 203 Å². The Bertz CT molecular complexity index is 1050. The molecule has 34 heavy (non-hydrogen) atoms. The molecule has 0 N–H and O–H groups in total. The van der Waals surface area contributed by atoms with Gasteiger partial charge in [-0.15, -0.1) is 0 Å². The molecule has 0 atom stereocenters. The van der Waals surface area contributed by atoms with E-state index < -0.39 is 0 Å². The average Bonchev–Trinajstić information content (AvgIpc) is 3.59. The van der Waals surface area contributed by atoms with E-state index in [1.807, 2.05) is 93.9 Å². The zero-order valence-corrected chi connectivity index (χ0v) is 21.5. The topological polar surface area (TPSA) is 79.5 Å². The summed E-state index contributed by atoms with van der Waals surface area (Å²) in [5, 5.41) is 4.03. The van der Waals surface area contributed by atoms with Crippen molar-refractivity contribution in [2.75, 3.05) is 0 Å². The summed E-state index contributed by atoms with van der Waals surface area (Å²) in [4.78, 5) is 11.7. The Morgan fingerprint density at radius 3 is 1.62 bits per heavy atom. The molecule has 0 bridgehead atoms. The summed E-state index contributed by atoms with van der Waals surface area (Å²) in [6, 6.07) is 12.2. The number of imidazole rings is 2. The second-order valence-corrected chi connectivity index (χ2v) is 7.60. The molecule has 0 aliphatic carbocycles. The van der Waals surface area contributed by atoms with Gasteiger partial charge in [-0.2, -0.15) is 5.10 Å². The van der Waals surface area contributed by atoms with Crippen LogP contribution >= 0.6 is 0 Å². The van der Waals surface area contributed by atoms with Crippen LogP contribution in [0.5, 0.6) is 0 Å². The van der Waals surface area contributed by atoms with Crippen molar-refractivity contribution in [1.82, 2.24) is 33.9 Å². The third kappa shape index (κ3) is 13.5. The summed E-state index contributed by atoms with van der Waals surface area (Å²) in [5.41, 5.74) is 3.47. The first-order valence-corrected chi connectivity index (χ1v) is 10.9. The molecule has 0 aliphatic heterocycles. The van der Waals surface area contributed by atoms with Gasteiger partial charge in [-0.1, -0.05) is 35.9 Å². The van der Waals surface area contributed by atoms with E-state index in [1.54, 1.807) is 36.6 Å². The van der Waals surface area contributed by atoms with Gasteiger partial charge in [0.1, 0.15) is 12.1 Å². The summed E-state index contributed by atoms with van der Waals surface area (Å²) >= 11 is 0. The Hall–Kier alpha value is -3.94. The Morgan fingerprint density at radius 2 is 1.44 bits per heavy atom. The van der Waals surface area contributed by atoms with Gasteiger partial charge >= 0.3 is 0 Å². The number of aryl methyl sites for hydroxylation is 8. The number of rotatable bonds is 0. The van der Waals surface area contributed by atoms with Gasteiger partial charge < -0.3 is 13.6 Å². The molecular formula is C26H37N7O. The van der Waals surface area contributed by atoms with Crippen molar-refractivity contribution in [3.63, 3.8) is 0 Å². The third-order valence-corrected chi connectivity index (χ3v) is 4.24. The smallest absolute Gasteiger partial charge is 0.190 e. The zero-order valence-electron chi connectivity index (χ0n) is 21.5. The molecule has 4 heterocycles. The van der Waals surface area contributed by atoms with Crippen LogP contribution in [0.3, 0.4) is 0 Å². The SMILES string of the molecule is Cc1ccccc1.Cc1ccn(C)n1.Cc1cn(C)cn1.Cc1nccn1C.Cc1ncco1. The Kier molecular flexibility index (Phi) is 13.1. The molecule has 0 aliphatic rings. The molecule has 0 unspecified atom stereocenters. The van der Waals surface area contributed by atoms with Crippen molar-refractivity contribution >= 4 is 0 Å². The molecule has 8 heteroatoms. The average molecular weight is 464 g/mol. The second kappa shape index (κ2) is 15.8. The number of aromatic nitrogens is 7. The van der Waals surface area contributed by atoms with Crippen molar-refractivity contribution in [2.45, 2.75) is 34.6 Å². The van der Waals surface area contributed by atoms with Crippen molar-refractivity contribution in [1.29, 1.82) is 0 Å². The molecule has 0 amide bonds. The number of hydrogen-bond donors (Lipinski definition) is 0. The third-order valence-electron chi connectivity index (χ3n) is 4.24. The summed E-state index contributed by atoms with van der Waals surface area (Å²) < 4.78 is 10.4. The lowest BCUT2D eigenvalue weighted by molar-refractivity contribution is 0.521. The summed E-state index contributed by atoms with van der Waals surface area (Å²) in [6.07, 6.45) is 12.6. The van der Waals surface area contributed by atoms with E-state index in [9.17, 15) is 0 Å². The molecule has 0 spiro atoms. The van der Waals surface area contributed by atoms with Gasteiger partial charge in [0.15, 0.2) is 5.89 Å². The molecule has 0 fully saturated rings. The highest BCUT2D eigenvalue weighted by molar-refractivity contribution is 5.11. The first kappa shape index (κ1) is 28.1. The molecule has 0 saturated heterocycles. The van der Waals surface area contributed by atoms with Gasteiger partial charge in [-0.25, -0.2) is 15.0 Å². The second-order valence-electron chi connectivity index (χ2n) is 7.60. The molecule has 1 aromatic carbocycles. The summed E-state index contributed by atoms with van der Waals surface area (Å²) in [6.45, 7) is 9.81. The molecular weight excluding hydrogens is 426 g/mol. The van der Waals surface area contributed by atoms with Gasteiger partial charge in [0.25, 0.3) is 0 Å². The monoisotopic (exact) mass is 463 g/mol. The van der Waals surface area contributed by atoms with Gasteiger partial charge in [-0.3, -0.25) is 4.68 Å². The van der Waals surface area contributed by atoms with Crippen LogP contribution in [-0.4, -0.2) is 33.9 Å². The lowest BCUT2D eigenvalue weighted by Crippen LogP contribution is -1.86. The lowest BCUT2D eigenvalue weighted by Gasteiger charge is -1.87. The molecule has 5 aromatic rings. The van der Waals surface area contributed by atoms with E-state index in [2.05, 4.69) is 39.1 Å². The molecule has 8 nitrogen and oxygen atoms in total. The van der Waals surface area contributed by atoms with Crippen LogP contribution in [-0.2, 0) is 21.1 Å². The van der Waals surface area contributed by atoms with Crippen LogP contribution in [0.15, 0.2) is 84.4 Å². The first-order chi connectivity index (χ1) is 16.2. The highest BCUT2D eigenvalue weighted by Gasteiger charge is 1.84. The van der Waals surface area contributed by atoms with Crippen molar-refractivity contribution < 1.29 is 4.42 Å². The van der Waals surface area contributed by atoms with Crippen molar-refractivity contribution in [2.24, 2.45) is 21.1 Å². The van der Waals surface area contributed by atoms with Crippen LogP contribution in [0.4, 0.5) is 0 Å². The van der Waals surface area contributed by atoms with E-state index in [1.165, 1.54) is 5.56 Å². The van der Waals surface area contributed by atoms with Crippen LogP contribution in [0.25, 0.3) is 0 Å². The molecule has 0 saturated carbocycles. The van der Waals surface area contributed by atoms with E-state index in [0.717, 1.165) is 23.1 Å². The van der Waals surface area contributed by atoms with E-state index >= 15 is 0 Å². The fourth-order valence-corrected chi connectivity index (χ4v) is 2.34. The Morgan fingerprint density at radius 1 is 0.735 bits per heavy atom. The molecule has 182 valence electrons. The molecule has 5 rings (SSSR count).